The molecule has 1 atom stereocenters. The summed E-state index contributed by atoms with van der Waals surface area (Å²) >= 11 is 0. The predicted octanol–water partition coefficient (Wildman–Crippen LogP) is 4.57. The third-order valence-corrected chi connectivity index (χ3v) is 5.48. The summed E-state index contributed by atoms with van der Waals surface area (Å²) in [6.45, 7) is 0. The van der Waals surface area contributed by atoms with Crippen molar-refractivity contribution >= 4 is 11.8 Å². The third-order valence-electron chi connectivity index (χ3n) is 5.48. The van der Waals surface area contributed by atoms with Gasteiger partial charge in [-0.2, -0.15) is 0 Å². The van der Waals surface area contributed by atoms with Crippen molar-refractivity contribution in [2.24, 2.45) is 5.92 Å². The molecule has 0 bridgehead atoms. The molecule has 2 aliphatic rings. The van der Waals surface area contributed by atoms with Gasteiger partial charge in [0.25, 0.3) is 0 Å². The van der Waals surface area contributed by atoms with Crippen molar-refractivity contribution in [1.29, 1.82) is 0 Å². The van der Waals surface area contributed by atoms with Crippen LogP contribution in [0.4, 0.5) is 0 Å². The van der Waals surface area contributed by atoms with Crippen LogP contribution in [0.3, 0.4) is 0 Å². The van der Waals surface area contributed by atoms with Crippen LogP contribution in [0.2, 0.25) is 0 Å². The average molecular weight is 348 g/mol. The fourth-order valence-electron chi connectivity index (χ4n) is 4.04. The third kappa shape index (κ3) is 7.15. The molecule has 1 unspecified atom stereocenters. The van der Waals surface area contributed by atoms with Crippen molar-refractivity contribution < 1.29 is 19.8 Å². The molecule has 2 N–H and O–H groups in total. The molecule has 0 aromatic heterocycles. The maximum absolute atomic E-state index is 12.1. The Labute approximate surface area is 151 Å². The predicted molar refractivity (Wildman–Crippen MR) is 98.3 cm³/mol. The molecule has 0 aliphatic heterocycles. The van der Waals surface area contributed by atoms with Gasteiger partial charge in [-0.1, -0.05) is 50.7 Å². The Bertz CT molecular complexity index is 512. The summed E-state index contributed by atoms with van der Waals surface area (Å²) < 4.78 is 0. The first-order valence-corrected chi connectivity index (χ1v) is 9.89. The first-order chi connectivity index (χ1) is 12.1. The number of carbonyl (C=O) groups excluding carboxylic acids is 1. The number of aliphatic hydroxyl groups is 1. The van der Waals surface area contributed by atoms with E-state index in [1.165, 1.54) is 25.7 Å². The summed E-state index contributed by atoms with van der Waals surface area (Å²) in [5, 5.41) is 18.8. The zero-order chi connectivity index (χ0) is 18.1. The average Bonchev–Trinajstić information content (AvgIpc) is 3.19. The topological polar surface area (TPSA) is 74.6 Å². The number of hydrogen-bond donors (Lipinski definition) is 2. The van der Waals surface area contributed by atoms with E-state index in [2.05, 4.69) is 0 Å². The number of carbonyl (C=O) groups is 2. The van der Waals surface area contributed by atoms with Crippen LogP contribution in [-0.4, -0.2) is 28.1 Å². The first kappa shape index (κ1) is 19.9. The summed E-state index contributed by atoms with van der Waals surface area (Å²) in [6, 6.07) is 0. The molecule has 1 saturated carbocycles. The van der Waals surface area contributed by atoms with E-state index in [1.807, 2.05) is 12.2 Å². The van der Waals surface area contributed by atoms with Gasteiger partial charge >= 0.3 is 5.97 Å². The van der Waals surface area contributed by atoms with Gasteiger partial charge in [0.15, 0.2) is 5.78 Å². The van der Waals surface area contributed by atoms with Crippen LogP contribution >= 0.6 is 0 Å². The molecule has 0 aromatic rings. The molecule has 25 heavy (non-hydrogen) atoms. The summed E-state index contributed by atoms with van der Waals surface area (Å²) in [5.74, 6) is 0.164. The van der Waals surface area contributed by atoms with E-state index >= 15 is 0 Å². The van der Waals surface area contributed by atoms with E-state index in [1.54, 1.807) is 0 Å². The second-order valence-electron chi connectivity index (χ2n) is 7.55. The number of rotatable bonds is 11. The van der Waals surface area contributed by atoms with Crippen molar-refractivity contribution in [2.45, 2.75) is 89.6 Å². The van der Waals surface area contributed by atoms with E-state index in [0.717, 1.165) is 49.7 Å². The number of aliphatic hydroxyl groups excluding tert-OH is 1. The second kappa shape index (κ2) is 10.5. The maximum atomic E-state index is 12.1. The minimum Gasteiger partial charge on any atom is -0.481 e. The molecule has 0 aromatic carbocycles. The first-order valence-electron chi connectivity index (χ1n) is 9.89. The number of hydrogen-bond acceptors (Lipinski definition) is 3. The highest BCUT2D eigenvalue weighted by molar-refractivity contribution is 5.99. The molecule has 1 fully saturated rings. The molecule has 2 aliphatic carbocycles. The van der Waals surface area contributed by atoms with Gasteiger partial charge in [-0.3, -0.25) is 9.59 Å². The lowest BCUT2D eigenvalue weighted by molar-refractivity contribution is -0.137. The lowest BCUT2D eigenvalue weighted by atomic mass is 9.98. The smallest absolute Gasteiger partial charge is 0.303 e. The Hall–Kier alpha value is -1.42. The Morgan fingerprint density at radius 3 is 2.56 bits per heavy atom. The van der Waals surface area contributed by atoms with Gasteiger partial charge in [-0.15, -0.1) is 0 Å². The molecular formula is C21H32O4. The molecule has 2 rings (SSSR count). The number of carboxylic acids is 1. The molecule has 0 heterocycles. The maximum Gasteiger partial charge on any atom is 0.303 e. The number of ketones is 1. The SMILES string of the molecule is O=C(O)CCCCCCC1=C(/C=C/C(O)CC2CCCC2)CCC1=O. The van der Waals surface area contributed by atoms with Crippen LogP contribution in [-0.2, 0) is 9.59 Å². The Morgan fingerprint density at radius 2 is 1.84 bits per heavy atom. The molecule has 4 heteroatoms. The fraction of sp³-hybridized carbons (Fsp3) is 0.714. The highest BCUT2D eigenvalue weighted by atomic mass is 16.4. The highest BCUT2D eigenvalue weighted by Crippen LogP contribution is 2.30. The summed E-state index contributed by atoms with van der Waals surface area (Å²) in [7, 11) is 0. The van der Waals surface area contributed by atoms with Crippen molar-refractivity contribution in [3.63, 3.8) is 0 Å². The largest absolute Gasteiger partial charge is 0.481 e. The molecule has 140 valence electrons. The number of allylic oxidation sites excluding steroid dienone is 3. The lowest BCUT2D eigenvalue weighted by Gasteiger charge is -2.12. The van der Waals surface area contributed by atoms with Crippen LogP contribution in [0.15, 0.2) is 23.3 Å². The number of Topliss-reactive ketones (excluding diaryl/α,β-unsaturated/α-hetero) is 1. The summed E-state index contributed by atoms with van der Waals surface area (Å²) in [5.41, 5.74) is 2.03. The molecule has 4 nitrogen and oxygen atoms in total. The number of unbranched alkanes of at least 4 members (excludes halogenated alkanes) is 3. The quantitative estimate of drug-likeness (QED) is 0.536. The van der Waals surface area contributed by atoms with E-state index < -0.39 is 12.1 Å². The number of aliphatic carboxylic acids is 1. The minimum absolute atomic E-state index is 0.231. The molecule has 0 saturated heterocycles. The van der Waals surface area contributed by atoms with Crippen LogP contribution in [0.1, 0.15) is 83.5 Å². The van der Waals surface area contributed by atoms with Crippen LogP contribution in [0.25, 0.3) is 0 Å². The monoisotopic (exact) mass is 348 g/mol. The van der Waals surface area contributed by atoms with Crippen LogP contribution in [0, 0.1) is 5.92 Å². The highest BCUT2D eigenvalue weighted by Gasteiger charge is 2.21. The van der Waals surface area contributed by atoms with Crippen molar-refractivity contribution in [1.82, 2.24) is 0 Å². The zero-order valence-electron chi connectivity index (χ0n) is 15.2. The van der Waals surface area contributed by atoms with Gasteiger partial charge in [0, 0.05) is 12.8 Å². The molecule has 0 amide bonds. The van der Waals surface area contributed by atoms with E-state index in [0.29, 0.717) is 18.8 Å². The lowest BCUT2D eigenvalue weighted by Crippen LogP contribution is -2.08. The fourth-order valence-corrected chi connectivity index (χ4v) is 4.04. The van der Waals surface area contributed by atoms with Crippen molar-refractivity contribution in [3.8, 4) is 0 Å². The Morgan fingerprint density at radius 1 is 1.12 bits per heavy atom. The van der Waals surface area contributed by atoms with Gasteiger partial charge in [0.05, 0.1) is 6.10 Å². The van der Waals surface area contributed by atoms with Crippen LogP contribution in [0.5, 0.6) is 0 Å². The minimum atomic E-state index is -0.739. The second-order valence-corrected chi connectivity index (χ2v) is 7.55. The zero-order valence-corrected chi connectivity index (χ0v) is 15.2. The molecule has 0 radical (unpaired) electrons. The molecular weight excluding hydrogens is 316 g/mol. The van der Waals surface area contributed by atoms with Gasteiger partial charge in [0.1, 0.15) is 0 Å². The normalized spacial score (nSPS) is 20.1. The van der Waals surface area contributed by atoms with Crippen molar-refractivity contribution in [3.05, 3.63) is 23.3 Å². The Balaban J connectivity index is 1.76. The van der Waals surface area contributed by atoms with Crippen molar-refractivity contribution in [2.75, 3.05) is 0 Å². The number of carboxylic acid groups (broad SMARTS) is 1. The summed E-state index contributed by atoms with van der Waals surface area (Å²) in [6.07, 6.45) is 15.2. The van der Waals surface area contributed by atoms with Gasteiger partial charge in [0.2, 0.25) is 0 Å². The van der Waals surface area contributed by atoms with Gasteiger partial charge in [-0.05, 0) is 49.2 Å². The standard InChI is InChI=1S/C21H32O4/c22-18(15-16-7-5-6-8-16)13-11-17-12-14-20(23)19(17)9-3-1-2-4-10-21(24)25/h11,13,16,18,22H,1-10,12,14-15H2,(H,24,25)/b13-11+. The molecule has 0 spiro atoms. The Kier molecular flexibility index (Phi) is 8.39. The van der Waals surface area contributed by atoms with Crippen LogP contribution < -0.4 is 0 Å². The van der Waals surface area contributed by atoms with E-state index in [4.69, 9.17) is 5.11 Å². The van der Waals surface area contributed by atoms with E-state index in [9.17, 15) is 14.7 Å². The van der Waals surface area contributed by atoms with Gasteiger partial charge in [-0.25, -0.2) is 0 Å². The van der Waals surface area contributed by atoms with E-state index in [-0.39, 0.29) is 12.2 Å². The van der Waals surface area contributed by atoms with Gasteiger partial charge < -0.3 is 10.2 Å². The summed E-state index contributed by atoms with van der Waals surface area (Å²) in [4.78, 5) is 22.6.